The molecule has 0 unspecified atom stereocenters. The fraction of sp³-hybridized carbons (Fsp3) is 0.0588. The number of hydrogen-bond donors (Lipinski definition) is 2. The van der Waals surface area contributed by atoms with Gasteiger partial charge in [-0.1, -0.05) is 41.4 Å². The van der Waals surface area contributed by atoms with Crippen LogP contribution < -0.4 is 5.43 Å². The number of nitrogens with zero attached hydrogens (tertiary/aromatic N) is 2. The van der Waals surface area contributed by atoms with Crippen molar-refractivity contribution < 1.29 is 5.11 Å². The minimum Gasteiger partial charge on any atom is -0.506 e. The van der Waals surface area contributed by atoms with Gasteiger partial charge in [0, 0.05) is 10.9 Å². The SMILES string of the molecule is Cc1ccc(-c2csc(N/N=C\c3ccc(O)c(Cl)c3)n2)cc1. The van der Waals surface area contributed by atoms with Crippen molar-refractivity contribution in [1.82, 2.24) is 4.98 Å². The molecule has 0 fully saturated rings. The molecule has 23 heavy (non-hydrogen) atoms. The Labute approximate surface area is 143 Å². The van der Waals surface area contributed by atoms with E-state index in [9.17, 15) is 5.11 Å². The first kappa shape index (κ1) is 15.5. The van der Waals surface area contributed by atoms with E-state index in [-0.39, 0.29) is 5.75 Å². The summed E-state index contributed by atoms with van der Waals surface area (Å²) in [5.74, 6) is 0.0550. The molecule has 0 radical (unpaired) electrons. The van der Waals surface area contributed by atoms with E-state index < -0.39 is 0 Å². The van der Waals surface area contributed by atoms with Crippen molar-refractivity contribution in [2.75, 3.05) is 5.43 Å². The maximum absolute atomic E-state index is 9.37. The molecule has 0 spiro atoms. The Balaban J connectivity index is 1.68. The molecule has 3 aromatic rings. The highest BCUT2D eigenvalue weighted by molar-refractivity contribution is 7.14. The number of benzene rings is 2. The van der Waals surface area contributed by atoms with Crippen molar-refractivity contribution in [2.24, 2.45) is 5.10 Å². The van der Waals surface area contributed by atoms with Crippen LogP contribution in [0.3, 0.4) is 0 Å². The Hall–Kier alpha value is -2.37. The second kappa shape index (κ2) is 6.81. The molecule has 1 aromatic heterocycles. The lowest BCUT2D eigenvalue weighted by atomic mass is 10.1. The molecule has 1 heterocycles. The number of aryl methyl sites for hydroxylation is 1. The molecule has 0 bridgehead atoms. The van der Waals surface area contributed by atoms with Crippen LogP contribution in [0.25, 0.3) is 11.3 Å². The summed E-state index contributed by atoms with van der Waals surface area (Å²) in [4.78, 5) is 4.50. The number of aromatic hydroxyl groups is 1. The van der Waals surface area contributed by atoms with Gasteiger partial charge < -0.3 is 5.11 Å². The van der Waals surface area contributed by atoms with Crippen LogP contribution in [-0.2, 0) is 0 Å². The first-order valence-electron chi connectivity index (χ1n) is 6.92. The monoisotopic (exact) mass is 343 g/mol. The molecule has 116 valence electrons. The summed E-state index contributed by atoms with van der Waals surface area (Å²) >= 11 is 7.34. The number of aromatic nitrogens is 1. The quantitative estimate of drug-likeness (QED) is 0.522. The fourth-order valence-corrected chi connectivity index (χ4v) is 2.80. The fourth-order valence-electron chi connectivity index (χ4n) is 1.95. The lowest BCUT2D eigenvalue weighted by molar-refractivity contribution is 0.475. The van der Waals surface area contributed by atoms with Gasteiger partial charge in [0.05, 0.1) is 16.9 Å². The van der Waals surface area contributed by atoms with Crippen LogP contribution in [0.4, 0.5) is 5.13 Å². The molecule has 0 aliphatic rings. The van der Waals surface area contributed by atoms with Crippen LogP contribution >= 0.6 is 22.9 Å². The molecule has 2 N–H and O–H groups in total. The van der Waals surface area contributed by atoms with Gasteiger partial charge in [-0.25, -0.2) is 4.98 Å². The number of hydrazone groups is 1. The highest BCUT2D eigenvalue weighted by Gasteiger charge is 2.03. The van der Waals surface area contributed by atoms with E-state index in [1.165, 1.54) is 23.0 Å². The van der Waals surface area contributed by atoms with Crippen molar-refractivity contribution in [1.29, 1.82) is 0 Å². The summed E-state index contributed by atoms with van der Waals surface area (Å²) < 4.78 is 0. The molecule has 2 aromatic carbocycles. The third-order valence-corrected chi connectivity index (χ3v) is 4.25. The third kappa shape index (κ3) is 3.88. The van der Waals surface area contributed by atoms with Crippen molar-refractivity contribution in [3.8, 4) is 17.0 Å². The number of phenolic OH excluding ortho intramolecular Hbond substituents is 1. The third-order valence-electron chi connectivity index (χ3n) is 3.20. The van der Waals surface area contributed by atoms with Gasteiger partial charge in [-0.15, -0.1) is 11.3 Å². The standard InChI is InChI=1S/C17H14ClN3OS/c1-11-2-5-13(6-3-11)15-10-23-17(20-15)21-19-9-12-4-7-16(22)14(18)8-12/h2-10,22H,1H3,(H,20,21)/b19-9-. The van der Waals surface area contributed by atoms with Crippen LogP contribution in [0.5, 0.6) is 5.75 Å². The van der Waals surface area contributed by atoms with E-state index in [1.807, 2.05) is 5.38 Å². The normalized spacial score (nSPS) is 11.0. The van der Waals surface area contributed by atoms with Crippen LogP contribution in [0.15, 0.2) is 52.9 Å². The molecule has 0 saturated heterocycles. The van der Waals surface area contributed by atoms with Crippen LogP contribution in [-0.4, -0.2) is 16.3 Å². The number of thiazole rings is 1. The zero-order valence-corrected chi connectivity index (χ0v) is 13.9. The van der Waals surface area contributed by atoms with Gasteiger partial charge in [0.1, 0.15) is 5.75 Å². The number of nitrogens with one attached hydrogen (secondary N) is 1. The van der Waals surface area contributed by atoms with Crippen molar-refractivity contribution >= 4 is 34.3 Å². The van der Waals surface area contributed by atoms with Crippen LogP contribution in [0.2, 0.25) is 5.02 Å². The number of phenols is 1. The zero-order chi connectivity index (χ0) is 16.2. The Bertz CT molecular complexity index is 843. The molecular formula is C17H14ClN3OS. The Morgan fingerprint density at radius 1 is 1.22 bits per heavy atom. The summed E-state index contributed by atoms with van der Waals surface area (Å²) in [6.07, 6.45) is 1.62. The summed E-state index contributed by atoms with van der Waals surface area (Å²) in [5.41, 5.74) is 6.90. The van der Waals surface area contributed by atoms with E-state index in [0.717, 1.165) is 16.8 Å². The van der Waals surface area contributed by atoms with E-state index in [0.29, 0.717) is 10.2 Å². The molecule has 0 atom stereocenters. The van der Waals surface area contributed by atoms with E-state index in [4.69, 9.17) is 11.6 Å². The Morgan fingerprint density at radius 3 is 2.74 bits per heavy atom. The molecule has 6 heteroatoms. The second-order valence-electron chi connectivity index (χ2n) is 4.98. The van der Waals surface area contributed by atoms with Gasteiger partial charge in [-0.2, -0.15) is 5.10 Å². The van der Waals surface area contributed by atoms with Crippen LogP contribution in [0, 0.1) is 6.92 Å². The minimum atomic E-state index is 0.0550. The number of rotatable bonds is 4. The predicted octanol–water partition coefficient (Wildman–Crippen LogP) is 4.92. The Kier molecular flexibility index (Phi) is 4.60. The molecular weight excluding hydrogens is 330 g/mol. The van der Waals surface area contributed by atoms with E-state index in [1.54, 1.807) is 18.3 Å². The number of hydrogen-bond acceptors (Lipinski definition) is 5. The predicted molar refractivity (Wildman–Crippen MR) is 96.6 cm³/mol. The zero-order valence-electron chi connectivity index (χ0n) is 12.3. The summed E-state index contributed by atoms with van der Waals surface area (Å²) in [7, 11) is 0. The summed E-state index contributed by atoms with van der Waals surface area (Å²) in [5, 5.41) is 16.5. The largest absolute Gasteiger partial charge is 0.506 e. The smallest absolute Gasteiger partial charge is 0.203 e. The average molecular weight is 344 g/mol. The van der Waals surface area contributed by atoms with Crippen molar-refractivity contribution in [3.05, 3.63) is 64.0 Å². The average Bonchev–Trinajstić information content (AvgIpc) is 3.00. The van der Waals surface area contributed by atoms with Crippen molar-refractivity contribution in [2.45, 2.75) is 6.92 Å². The number of anilines is 1. The van der Waals surface area contributed by atoms with Gasteiger partial charge in [-0.3, -0.25) is 5.43 Å². The maximum atomic E-state index is 9.37. The van der Waals surface area contributed by atoms with Gasteiger partial charge >= 0.3 is 0 Å². The van der Waals surface area contributed by atoms with Gasteiger partial charge in [-0.05, 0) is 30.7 Å². The Morgan fingerprint density at radius 2 is 2.00 bits per heavy atom. The number of halogens is 1. The van der Waals surface area contributed by atoms with Gasteiger partial charge in [0.2, 0.25) is 5.13 Å². The van der Waals surface area contributed by atoms with E-state index in [2.05, 4.69) is 46.7 Å². The molecule has 0 aliphatic carbocycles. The molecule has 0 aliphatic heterocycles. The lowest BCUT2D eigenvalue weighted by Gasteiger charge is -1.98. The summed E-state index contributed by atoms with van der Waals surface area (Å²) in [6.45, 7) is 2.06. The first-order chi connectivity index (χ1) is 11.1. The minimum absolute atomic E-state index is 0.0550. The van der Waals surface area contributed by atoms with Gasteiger partial charge in [0.15, 0.2) is 0 Å². The van der Waals surface area contributed by atoms with E-state index >= 15 is 0 Å². The molecule has 3 rings (SSSR count). The maximum Gasteiger partial charge on any atom is 0.203 e. The molecule has 0 amide bonds. The van der Waals surface area contributed by atoms with Crippen LogP contribution in [0.1, 0.15) is 11.1 Å². The lowest BCUT2D eigenvalue weighted by Crippen LogP contribution is -1.90. The second-order valence-corrected chi connectivity index (χ2v) is 6.25. The summed E-state index contributed by atoms with van der Waals surface area (Å²) in [6, 6.07) is 13.1. The molecule has 4 nitrogen and oxygen atoms in total. The highest BCUT2D eigenvalue weighted by Crippen LogP contribution is 2.25. The highest BCUT2D eigenvalue weighted by atomic mass is 35.5. The first-order valence-corrected chi connectivity index (χ1v) is 8.18. The topological polar surface area (TPSA) is 57.5 Å². The molecule has 0 saturated carbocycles. The van der Waals surface area contributed by atoms with Crippen molar-refractivity contribution in [3.63, 3.8) is 0 Å². The van der Waals surface area contributed by atoms with Gasteiger partial charge in [0.25, 0.3) is 0 Å².